The van der Waals surface area contributed by atoms with E-state index in [-0.39, 0.29) is 5.97 Å². The molecule has 0 fully saturated rings. The van der Waals surface area contributed by atoms with Crippen molar-refractivity contribution in [2.24, 2.45) is 0 Å². The zero-order valence-electron chi connectivity index (χ0n) is 12.3. The van der Waals surface area contributed by atoms with Crippen LogP contribution in [0.2, 0.25) is 0 Å². The molecule has 5 nitrogen and oxygen atoms in total. The molecular weight excluding hydrogens is 350 g/mol. The Hall–Kier alpha value is -2.08. The highest BCUT2D eigenvalue weighted by Crippen LogP contribution is 2.28. The van der Waals surface area contributed by atoms with Crippen LogP contribution in [0.5, 0.6) is 17.4 Å². The van der Waals surface area contributed by atoms with Gasteiger partial charge in [0.1, 0.15) is 11.5 Å². The van der Waals surface area contributed by atoms with Crippen LogP contribution in [0.3, 0.4) is 0 Å². The van der Waals surface area contributed by atoms with Gasteiger partial charge in [-0.2, -0.15) is 0 Å². The molecular formula is C16H16BrNO4. The van der Waals surface area contributed by atoms with Gasteiger partial charge in [-0.25, -0.2) is 9.78 Å². The third kappa shape index (κ3) is 4.46. The van der Waals surface area contributed by atoms with E-state index >= 15 is 0 Å². The maximum absolute atomic E-state index is 11.5. The van der Waals surface area contributed by atoms with Crippen LogP contribution >= 0.6 is 15.9 Å². The van der Waals surface area contributed by atoms with Crippen LogP contribution in [0.15, 0.2) is 47.1 Å². The van der Waals surface area contributed by atoms with E-state index in [2.05, 4.69) is 20.9 Å². The Labute approximate surface area is 137 Å². The molecule has 0 aliphatic rings. The fourth-order valence-corrected chi connectivity index (χ4v) is 1.99. The lowest BCUT2D eigenvalue weighted by molar-refractivity contribution is -0.150. The number of carbonyl (C=O) groups is 1. The number of pyridine rings is 1. The standard InChI is InChI=1S/C16H16BrNO4/c1-3-20-16(19)11(2)21-12-6-8-13(9-7-12)22-15-14(17)5-4-10-18-15/h4-11H,3H2,1-2H3. The van der Waals surface area contributed by atoms with Crippen LogP contribution in [0, 0.1) is 0 Å². The normalized spacial score (nSPS) is 11.6. The monoisotopic (exact) mass is 365 g/mol. The van der Waals surface area contributed by atoms with Gasteiger partial charge in [-0.1, -0.05) is 0 Å². The number of nitrogens with zero attached hydrogens (tertiary/aromatic N) is 1. The number of halogens is 1. The summed E-state index contributed by atoms with van der Waals surface area (Å²) in [5.41, 5.74) is 0. The van der Waals surface area contributed by atoms with Crippen LogP contribution in [0.4, 0.5) is 0 Å². The predicted octanol–water partition coefficient (Wildman–Crippen LogP) is 3.97. The molecule has 0 amide bonds. The lowest BCUT2D eigenvalue weighted by Crippen LogP contribution is -2.25. The molecule has 1 aromatic heterocycles. The van der Waals surface area contributed by atoms with Crippen molar-refractivity contribution < 1.29 is 19.0 Å². The second-order valence-corrected chi connectivity index (χ2v) is 5.23. The highest BCUT2D eigenvalue weighted by Gasteiger charge is 2.15. The molecule has 0 saturated carbocycles. The molecule has 2 aromatic rings. The second kappa shape index (κ2) is 7.79. The molecule has 0 N–H and O–H groups in total. The van der Waals surface area contributed by atoms with E-state index < -0.39 is 6.10 Å². The summed E-state index contributed by atoms with van der Waals surface area (Å²) < 4.78 is 16.8. The van der Waals surface area contributed by atoms with Gasteiger partial charge in [-0.3, -0.25) is 0 Å². The number of hydrogen-bond donors (Lipinski definition) is 0. The number of hydrogen-bond acceptors (Lipinski definition) is 5. The van der Waals surface area contributed by atoms with Crippen molar-refractivity contribution in [3.05, 3.63) is 47.1 Å². The SMILES string of the molecule is CCOC(=O)C(C)Oc1ccc(Oc2ncccc2Br)cc1. The summed E-state index contributed by atoms with van der Waals surface area (Å²) in [5.74, 6) is 1.28. The molecule has 0 radical (unpaired) electrons. The molecule has 6 heteroatoms. The maximum atomic E-state index is 11.5. The molecule has 1 atom stereocenters. The van der Waals surface area contributed by atoms with E-state index in [0.717, 1.165) is 4.47 Å². The largest absolute Gasteiger partial charge is 0.479 e. The van der Waals surface area contributed by atoms with Crippen molar-refractivity contribution in [1.82, 2.24) is 4.98 Å². The Balaban J connectivity index is 1.99. The first-order chi connectivity index (χ1) is 10.6. The average Bonchev–Trinajstić information content (AvgIpc) is 2.51. The van der Waals surface area contributed by atoms with E-state index in [1.54, 1.807) is 44.3 Å². The molecule has 116 valence electrons. The van der Waals surface area contributed by atoms with Crippen molar-refractivity contribution >= 4 is 21.9 Å². The molecule has 2 rings (SSSR count). The van der Waals surface area contributed by atoms with Gasteiger partial charge < -0.3 is 14.2 Å². The minimum Gasteiger partial charge on any atom is -0.479 e. The molecule has 1 unspecified atom stereocenters. The summed E-state index contributed by atoms with van der Waals surface area (Å²) >= 11 is 3.37. The van der Waals surface area contributed by atoms with E-state index in [1.807, 2.05) is 12.1 Å². The highest BCUT2D eigenvalue weighted by atomic mass is 79.9. The summed E-state index contributed by atoms with van der Waals surface area (Å²) in [6.07, 6.45) is 0.996. The van der Waals surface area contributed by atoms with Gasteiger partial charge in [-0.15, -0.1) is 0 Å². The molecule has 0 saturated heterocycles. The van der Waals surface area contributed by atoms with Gasteiger partial charge in [-0.05, 0) is 66.2 Å². The summed E-state index contributed by atoms with van der Waals surface area (Å²) in [7, 11) is 0. The fourth-order valence-electron chi connectivity index (χ4n) is 1.66. The number of aromatic nitrogens is 1. The summed E-state index contributed by atoms with van der Waals surface area (Å²) in [6.45, 7) is 3.73. The summed E-state index contributed by atoms with van der Waals surface area (Å²) in [6, 6.07) is 10.6. The van der Waals surface area contributed by atoms with Crippen molar-refractivity contribution in [3.8, 4) is 17.4 Å². The van der Waals surface area contributed by atoms with Crippen molar-refractivity contribution in [2.45, 2.75) is 20.0 Å². The first-order valence-corrected chi connectivity index (χ1v) is 7.61. The zero-order chi connectivity index (χ0) is 15.9. The van der Waals surface area contributed by atoms with E-state index in [1.165, 1.54) is 0 Å². The predicted molar refractivity (Wildman–Crippen MR) is 85.2 cm³/mol. The smallest absolute Gasteiger partial charge is 0.347 e. The first kappa shape index (κ1) is 16.3. The van der Waals surface area contributed by atoms with Crippen LogP contribution < -0.4 is 9.47 Å². The molecule has 0 bridgehead atoms. The average molecular weight is 366 g/mol. The number of rotatable bonds is 6. The first-order valence-electron chi connectivity index (χ1n) is 6.82. The number of esters is 1. The number of benzene rings is 1. The lowest BCUT2D eigenvalue weighted by atomic mass is 10.3. The fraction of sp³-hybridized carbons (Fsp3) is 0.250. The second-order valence-electron chi connectivity index (χ2n) is 4.38. The van der Waals surface area contributed by atoms with E-state index in [4.69, 9.17) is 14.2 Å². The van der Waals surface area contributed by atoms with Gasteiger partial charge in [0.25, 0.3) is 0 Å². The quantitative estimate of drug-likeness (QED) is 0.725. The molecule has 1 aromatic carbocycles. The lowest BCUT2D eigenvalue weighted by Gasteiger charge is -2.13. The number of carbonyl (C=O) groups excluding carboxylic acids is 1. The summed E-state index contributed by atoms with van der Waals surface area (Å²) in [5, 5.41) is 0. The van der Waals surface area contributed by atoms with Crippen LogP contribution in [0.1, 0.15) is 13.8 Å². The molecule has 1 heterocycles. The molecule has 0 aliphatic carbocycles. The van der Waals surface area contributed by atoms with E-state index in [9.17, 15) is 4.79 Å². The third-order valence-electron chi connectivity index (χ3n) is 2.69. The van der Waals surface area contributed by atoms with E-state index in [0.29, 0.717) is 24.0 Å². The Bertz CT molecular complexity index is 630. The van der Waals surface area contributed by atoms with Crippen LogP contribution in [-0.4, -0.2) is 23.7 Å². The van der Waals surface area contributed by atoms with Gasteiger partial charge in [0.15, 0.2) is 6.10 Å². The highest BCUT2D eigenvalue weighted by molar-refractivity contribution is 9.10. The summed E-state index contributed by atoms with van der Waals surface area (Å²) in [4.78, 5) is 15.6. The van der Waals surface area contributed by atoms with Crippen molar-refractivity contribution in [1.29, 1.82) is 0 Å². The third-order valence-corrected chi connectivity index (χ3v) is 3.30. The van der Waals surface area contributed by atoms with Gasteiger partial charge in [0.05, 0.1) is 11.1 Å². The van der Waals surface area contributed by atoms with Gasteiger partial charge in [0.2, 0.25) is 5.88 Å². The minimum atomic E-state index is -0.656. The van der Waals surface area contributed by atoms with Gasteiger partial charge in [0, 0.05) is 6.20 Å². The Morgan fingerprint density at radius 2 is 1.91 bits per heavy atom. The van der Waals surface area contributed by atoms with Gasteiger partial charge >= 0.3 is 5.97 Å². The Kier molecular flexibility index (Phi) is 5.77. The minimum absolute atomic E-state index is 0.332. The van der Waals surface area contributed by atoms with Crippen molar-refractivity contribution in [3.63, 3.8) is 0 Å². The van der Waals surface area contributed by atoms with Crippen LogP contribution in [-0.2, 0) is 9.53 Å². The molecule has 0 aliphatic heterocycles. The topological polar surface area (TPSA) is 57.7 Å². The van der Waals surface area contributed by atoms with Crippen LogP contribution in [0.25, 0.3) is 0 Å². The Morgan fingerprint density at radius 3 is 2.55 bits per heavy atom. The number of ether oxygens (including phenoxy) is 3. The molecule has 0 spiro atoms. The molecule has 22 heavy (non-hydrogen) atoms. The zero-order valence-corrected chi connectivity index (χ0v) is 13.9. The maximum Gasteiger partial charge on any atom is 0.347 e. The van der Waals surface area contributed by atoms with Crippen molar-refractivity contribution in [2.75, 3.05) is 6.61 Å². The Morgan fingerprint density at radius 1 is 1.23 bits per heavy atom.